The summed E-state index contributed by atoms with van der Waals surface area (Å²) in [7, 11) is 0. The van der Waals surface area contributed by atoms with E-state index in [1.165, 1.54) is 18.2 Å². The second-order valence-electron chi connectivity index (χ2n) is 3.48. The van der Waals surface area contributed by atoms with Crippen molar-refractivity contribution < 1.29 is 20.0 Å². The number of esters is 1. The molecular weight excluding hydrogens is 224 g/mol. The van der Waals surface area contributed by atoms with Crippen molar-refractivity contribution >= 4 is 23.6 Å². The number of benzene rings is 1. The molecule has 1 aromatic rings. The van der Waals surface area contributed by atoms with Crippen LogP contribution >= 0.6 is 0 Å². The number of hydrogen-bond acceptors (Lipinski definition) is 5. The minimum absolute atomic E-state index is 0.159. The number of cyclic esters (lactones) is 1. The van der Waals surface area contributed by atoms with E-state index in [1.54, 1.807) is 19.1 Å². The van der Waals surface area contributed by atoms with Gasteiger partial charge in [-0.25, -0.2) is 15.0 Å². The molecule has 88 valence electrons. The lowest BCUT2D eigenvalue weighted by Gasteiger charge is -2.11. The number of hydrogen-bond donors (Lipinski definition) is 2. The normalized spacial score (nSPS) is 19.1. The van der Waals surface area contributed by atoms with Gasteiger partial charge in [-0.1, -0.05) is 12.1 Å². The molecule has 1 aliphatic rings. The predicted octanol–water partition coefficient (Wildman–Crippen LogP) is 0.406. The molecule has 0 amide bonds. The van der Waals surface area contributed by atoms with Crippen LogP contribution in [0.15, 0.2) is 35.0 Å². The lowest BCUT2D eigenvalue weighted by molar-refractivity contribution is -0.991. The molecule has 0 spiro atoms. The maximum absolute atomic E-state index is 11.3. The Morgan fingerprint density at radius 2 is 2.29 bits per heavy atom. The maximum Gasteiger partial charge on any atom is 0.363 e. The highest BCUT2D eigenvalue weighted by Crippen LogP contribution is 2.16. The zero-order chi connectivity index (χ0) is 12.4. The van der Waals surface area contributed by atoms with Gasteiger partial charge in [-0.3, -0.25) is 0 Å². The first kappa shape index (κ1) is 11.5. The minimum Gasteiger partial charge on any atom is -0.595 e. The maximum atomic E-state index is 11.3. The number of nitrogens with one attached hydrogen (secondary N) is 1. The van der Waals surface area contributed by atoms with E-state index in [4.69, 9.17) is 9.94 Å². The van der Waals surface area contributed by atoms with E-state index in [0.29, 0.717) is 5.56 Å². The molecule has 0 aromatic heterocycles. The summed E-state index contributed by atoms with van der Waals surface area (Å²) < 4.78 is 4.75. The average molecular weight is 234 g/mol. The van der Waals surface area contributed by atoms with Gasteiger partial charge in [0.05, 0.1) is 0 Å². The fourth-order valence-corrected chi connectivity index (χ4v) is 1.44. The molecule has 6 heteroatoms. The van der Waals surface area contributed by atoms with Crippen LogP contribution in [0.4, 0.5) is 5.69 Å². The minimum atomic E-state index is -1.01. The number of quaternary nitrogens is 1. The summed E-state index contributed by atoms with van der Waals surface area (Å²) in [5, 5.41) is 18.6. The Kier molecular flexibility index (Phi) is 3.01. The van der Waals surface area contributed by atoms with E-state index in [1.807, 2.05) is 0 Å². The summed E-state index contributed by atoms with van der Waals surface area (Å²) in [4.78, 5) is 15.2. The molecule has 1 aromatic carbocycles. The fourth-order valence-electron chi connectivity index (χ4n) is 1.44. The molecule has 1 heterocycles. The van der Waals surface area contributed by atoms with E-state index in [-0.39, 0.29) is 17.3 Å². The van der Waals surface area contributed by atoms with E-state index in [9.17, 15) is 10.0 Å². The van der Waals surface area contributed by atoms with Crippen LogP contribution in [-0.2, 0) is 9.53 Å². The summed E-state index contributed by atoms with van der Waals surface area (Å²) in [6, 6.07) is 6.24. The second-order valence-corrected chi connectivity index (χ2v) is 3.48. The smallest absolute Gasteiger partial charge is 0.363 e. The molecule has 17 heavy (non-hydrogen) atoms. The molecule has 0 aliphatic carbocycles. The van der Waals surface area contributed by atoms with Gasteiger partial charge in [0.15, 0.2) is 17.3 Å². The summed E-state index contributed by atoms with van der Waals surface area (Å²) in [6.45, 7) is 1.58. The van der Waals surface area contributed by atoms with Gasteiger partial charge in [-0.05, 0) is 11.6 Å². The first-order valence-corrected chi connectivity index (χ1v) is 4.89. The van der Waals surface area contributed by atoms with Crippen molar-refractivity contribution in [3.8, 4) is 0 Å². The van der Waals surface area contributed by atoms with E-state index >= 15 is 0 Å². The number of aliphatic imine (C=N–C) groups is 1. The SMILES string of the molecule is CC1=N/C(=C/c2cccc([NH+]([O-])O)c2)C(=O)O1. The number of carbonyl (C=O) groups is 1. The molecule has 0 saturated carbocycles. The third-order valence-corrected chi connectivity index (χ3v) is 2.16. The van der Waals surface area contributed by atoms with Gasteiger partial charge in [0.2, 0.25) is 0 Å². The summed E-state index contributed by atoms with van der Waals surface area (Å²) in [6.07, 6.45) is 1.49. The molecule has 1 unspecified atom stereocenters. The third-order valence-electron chi connectivity index (χ3n) is 2.16. The van der Waals surface area contributed by atoms with Crippen molar-refractivity contribution in [1.29, 1.82) is 0 Å². The van der Waals surface area contributed by atoms with E-state index in [0.717, 1.165) is 0 Å². The summed E-state index contributed by atoms with van der Waals surface area (Å²) in [5.74, 6) is -0.237. The lowest BCUT2D eigenvalue weighted by Crippen LogP contribution is -2.99. The molecule has 0 bridgehead atoms. The molecule has 0 fully saturated rings. The molecule has 2 N–H and O–H groups in total. The number of ether oxygens (including phenoxy) is 1. The zero-order valence-corrected chi connectivity index (χ0v) is 9.01. The third kappa shape index (κ3) is 2.56. The van der Waals surface area contributed by atoms with Crippen LogP contribution in [0.25, 0.3) is 6.08 Å². The zero-order valence-electron chi connectivity index (χ0n) is 9.01. The van der Waals surface area contributed by atoms with Gasteiger partial charge >= 0.3 is 5.97 Å². The topological polar surface area (TPSA) is 86.4 Å². The van der Waals surface area contributed by atoms with Crippen molar-refractivity contribution in [3.63, 3.8) is 0 Å². The Balaban J connectivity index is 2.33. The molecular formula is C11H10N2O4. The number of nitrogens with zero attached hydrogens (tertiary/aromatic N) is 1. The highest BCUT2D eigenvalue weighted by molar-refractivity contribution is 6.06. The standard InChI is InChI=1S/C11H10N2O4/c1-7-12-10(11(14)17-7)6-8-3-2-4-9(5-8)13(15)16/h2-6,13,15H,1H3/b10-6+. The monoisotopic (exact) mass is 234 g/mol. The Bertz CT molecular complexity index is 520. The van der Waals surface area contributed by atoms with Crippen LogP contribution in [0, 0.1) is 5.21 Å². The Morgan fingerprint density at radius 1 is 1.53 bits per heavy atom. The van der Waals surface area contributed by atoms with Gasteiger partial charge in [0, 0.05) is 19.1 Å². The van der Waals surface area contributed by atoms with Crippen molar-refractivity contribution in [1.82, 2.24) is 0 Å². The highest BCUT2D eigenvalue weighted by Gasteiger charge is 2.19. The van der Waals surface area contributed by atoms with Gasteiger partial charge < -0.3 is 9.94 Å². The van der Waals surface area contributed by atoms with Gasteiger partial charge in [0.1, 0.15) is 0 Å². The molecule has 6 nitrogen and oxygen atoms in total. The number of rotatable bonds is 2. The quantitative estimate of drug-likeness (QED) is 0.440. The average Bonchev–Trinajstić information content (AvgIpc) is 2.58. The highest BCUT2D eigenvalue weighted by atomic mass is 16.8. The first-order chi connectivity index (χ1) is 8.06. The van der Waals surface area contributed by atoms with Crippen LogP contribution in [0.5, 0.6) is 0 Å². The molecule has 1 atom stereocenters. The summed E-state index contributed by atoms with van der Waals surface area (Å²) in [5.41, 5.74) is 0.923. The molecule has 1 aliphatic heterocycles. The van der Waals surface area contributed by atoms with Gasteiger partial charge in [-0.2, -0.15) is 5.23 Å². The molecule has 0 saturated heterocycles. The van der Waals surface area contributed by atoms with Gasteiger partial charge in [-0.15, -0.1) is 0 Å². The lowest BCUT2D eigenvalue weighted by atomic mass is 10.1. The van der Waals surface area contributed by atoms with Crippen molar-refractivity contribution in [3.05, 3.63) is 40.7 Å². The fraction of sp³-hybridized carbons (Fsp3) is 0.0909. The predicted molar refractivity (Wildman–Crippen MR) is 59.4 cm³/mol. The van der Waals surface area contributed by atoms with E-state index in [2.05, 4.69) is 4.99 Å². The largest absolute Gasteiger partial charge is 0.595 e. The van der Waals surface area contributed by atoms with Crippen LogP contribution in [0.2, 0.25) is 0 Å². The van der Waals surface area contributed by atoms with Crippen LogP contribution in [0.3, 0.4) is 0 Å². The summed E-state index contributed by atoms with van der Waals surface area (Å²) >= 11 is 0. The number of carbonyl (C=O) groups excluding carboxylic acids is 1. The van der Waals surface area contributed by atoms with Crippen molar-refractivity contribution in [2.45, 2.75) is 6.92 Å². The Labute approximate surface area is 97.0 Å². The first-order valence-electron chi connectivity index (χ1n) is 4.89. The molecule has 0 radical (unpaired) electrons. The van der Waals surface area contributed by atoms with Crippen molar-refractivity contribution in [2.24, 2.45) is 4.99 Å². The Hall–Kier alpha value is -2.02. The molecule has 2 rings (SSSR count). The Morgan fingerprint density at radius 3 is 2.88 bits per heavy atom. The van der Waals surface area contributed by atoms with Crippen molar-refractivity contribution in [2.75, 3.05) is 0 Å². The van der Waals surface area contributed by atoms with Gasteiger partial charge in [0.25, 0.3) is 0 Å². The van der Waals surface area contributed by atoms with Crippen LogP contribution < -0.4 is 5.23 Å². The second kappa shape index (κ2) is 4.46. The van der Waals surface area contributed by atoms with Crippen LogP contribution in [-0.4, -0.2) is 17.1 Å². The van der Waals surface area contributed by atoms with Crippen LogP contribution in [0.1, 0.15) is 12.5 Å². The van der Waals surface area contributed by atoms with E-state index < -0.39 is 11.2 Å².